The molecule has 2 aromatic carbocycles. The van der Waals surface area contributed by atoms with E-state index < -0.39 is 0 Å². The van der Waals surface area contributed by atoms with Crippen LogP contribution in [0.25, 0.3) is 0 Å². The number of allylic oxidation sites excluding steroid dienone is 2. The van der Waals surface area contributed by atoms with Crippen LogP contribution in [0.3, 0.4) is 0 Å². The number of benzene rings is 2. The smallest absolute Gasteiger partial charge is 0.251 e. The van der Waals surface area contributed by atoms with Gasteiger partial charge < -0.3 is 15.4 Å². The van der Waals surface area contributed by atoms with Crippen molar-refractivity contribution in [1.29, 1.82) is 0 Å². The van der Waals surface area contributed by atoms with Crippen LogP contribution < -0.4 is 15.4 Å². The van der Waals surface area contributed by atoms with Crippen LogP contribution in [0.2, 0.25) is 0 Å². The van der Waals surface area contributed by atoms with Gasteiger partial charge in [0, 0.05) is 29.3 Å². The zero-order valence-electron chi connectivity index (χ0n) is 15.9. The maximum atomic E-state index is 12.4. The average molecular weight is 362 g/mol. The molecule has 3 unspecified atom stereocenters. The summed E-state index contributed by atoms with van der Waals surface area (Å²) in [4.78, 5) is 12.4. The second-order valence-corrected chi connectivity index (χ2v) is 7.28. The van der Waals surface area contributed by atoms with Crippen LogP contribution in [0.5, 0.6) is 5.75 Å². The van der Waals surface area contributed by atoms with E-state index in [-0.39, 0.29) is 11.9 Å². The molecule has 2 aliphatic rings. The first kappa shape index (κ1) is 17.7. The van der Waals surface area contributed by atoms with Crippen LogP contribution in [0.15, 0.2) is 54.6 Å². The molecule has 4 heteroatoms. The summed E-state index contributed by atoms with van der Waals surface area (Å²) in [6, 6.07) is 14.4. The molecule has 0 aromatic heterocycles. The van der Waals surface area contributed by atoms with E-state index in [0.717, 1.165) is 29.8 Å². The molecule has 4 nitrogen and oxygen atoms in total. The molecule has 1 aliphatic carbocycles. The van der Waals surface area contributed by atoms with E-state index in [1.165, 1.54) is 11.1 Å². The molecule has 27 heavy (non-hydrogen) atoms. The number of carbonyl (C=O) groups excluding carboxylic acids is 1. The Labute approximate surface area is 160 Å². The van der Waals surface area contributed by atoms with E-state index >= 15 is 0 Å². The van der Waals surface area contributed by atoms with Gasteiger partial charge in [-0.1, -0.05) is 37.3 Å². The molecule has 1 aliphatic heterocycles. The van der Waals surface area contributed by atoms with Crippen LogP contribution in [-0.2, 0) is 0 Å². The summed E-state index contributed by atoms with van der Waals surface area (Å²) in [5.74, 6) is 1.66. The number of hydrogen-bond acceptors (Lipinski definition) is 3. The minimum Gasteiger partial charge on any atom is -0.496 e. The molecule has 0 fully saturated rings. The number of para-hydroxylation sites is 1. The SMILES string of the molecule is CCCNC(=O)c1ccc2c(c1)C1C=CCC1C(c1ccccc1OC)N2. The first-order chi connectivity index (χ1) is 13.2. The van der Waals surface area contributed by atoms with Crippen molar-refractivity contribution in [3.8, 4) is 5.75 Å². The van der Waals surface area contributed by atoms with E-state index in [9.17, 15) is 4.79 Å². The van der Waals surface area contributed by atoms with Crippen LogP contribution in [0.4, 0.5) is 5.69 Å². The van der Waals surface area contributed by atoms with Gasteiger partial charge >= 0.3 is 0 Å². The maximum Gasteiger partial charge on any atom is 0.251 e. The van der Waals surface area contributed by atoms with Crippen LogP contribution >= 0.6 is 0 Å². The lowest BCUT2D eigenvalue weighted by molar-refractivity contribution is 0.0953. The number of anilines is 1. The number of carbonyl (C=O) groups is 1. The van der Waals surface area contributed by atoms with Crippen molar-refractivity contribution in [2.45, 2.75) is 31.7 Å². The molecule has 2 N–H and O–H groups in total. The number of rotatable bonds is 5. The van der Waals surface area contributed by atoms with Crippen molar-refractivity contribution in [2.75, 3.05) is 19.0 Å². The molecule has 1 amide bonds. The van der Waals surface area contributed by atoms with Crippen LogP contribution in [0.1, 0.15) is 53.2 Å². The Morgan fingerprint density at radius 2 is 2.07 bits per heavy atom. The highest BCUT2D eigenvalue weighted by molar-refractivity contribution is 5.95. The number of fused-ring (bicyclic) bond motifs is 3. The number of ether oxygens (including phenoxy) is 1. The molecule has 2 aromatic rings. The fourth-order valence-electron chi connectivity index (χ4n) is 4.31. The Balaban J connectivity index is 1.69. The molecule has 3 atom stereocenters. The molecule has 0 saturated heterocycles. The van der Waals surface area contributed by atoms with Gasteiger partial charge in [-0.05, 0) is 48.6 Å². The number of amides is 1. The summed E-state index contributed by atoms with van der Waals surface area (Å²) in [6.07, 6.45) is 6.51. The third-order valence-corrected chi connectivity index (χ3v) is 5.63. The zero-order chi connectivity index (χ0) is 18.8. The van der Waals surface area contributed by atoms with Crippen molar-refractivity contribution in [2.24, 2.45) is 5.92 Å². The maximum absolute atomic E-state index is 12.4. The number of nitrogens with one attached hydrogen (secondary N) is 2. The highest BCUT2D eigenvalue weighted by atomic mass is 16.5. The van der Waals surface area contributed by atoms with Gasteiger partial charge in [-0.25, -0.2) is 0 Å². The zero-order valence-corrected chi connectivity index (χ0v) is 15.9. The van der Waals surface area contributed by atoms with Crippen molar-refractivity contribution in [3.63, 3.8) is 0 Å². The monoisotopic (exact) mass is 362 g/mol. The first-order valence-electron chi connectivity index (χ1n) is 9.71. The standard InChI is InChI=1S/C23H26N2O2/c1-3-13-24-23(26)15-11-12-20-19(14-15)16-8-6-9-17(16)22(25-20)18-7-4-5-10-21(18)27-2/h4-8,10-12,14,16-17,22,25H,3,9,13H2,1-2H3,(H,24,26). The van der Waals surface area contributed by atoms with Gasteiger partial charge in [0.05, 0.1) is 13.2 Å². The normalized spacial score (nSPS) is 22.5. The molecule has 1 heterocycles. The fourth-order valence-corrected chi connectivity index (χ4v) is 4.31. The molecule has 4 rings (SSSR count). The van der Waals surface area contributed by atoms with E-state index in [1.807, 2.05) is 24.3 Å². The summed E-state index contributed by atoms with van der Waals surface area (Å²) in [7, 11) is 1.72. The third kappa shape index (κ3) is 3.20. The van der Waals surface area contributed by atoms with Gasteiger partial charge in [0.2, 0.25) is 0 Å². The lowest BCUT2D eigenvalue weighted by Crippen LogP contribution is -2.30. The molecule has 0 radical (unpaired) electrons. The number of methoxy groups -OCH3 is 1. The van der Waals surface area contributed by atoms with Crippen molar-refractivity contribution in [1.82, 2.24) is 5.32 Å². The first-order valence-corrected chi connectivity index (χ1v) is 9.71. The van der Waals surface area contributed by atoms with Crippen LogP contribution in [-0.4, -0.2) is 19.6 Å². The van der Waals surface area contributed by atoms with Gasteiger partial charge in [-0.15, -0.1) is 0 Å². The van der Waals surface area contributed by atoms with Gasteiger partial charge in [0.1, 0.15) is 5.75 Å². The molecule has 0 spiro atoms. The van der Waals surface area contributed by atoms with Crippen molar-refractivity contribution >= 4 is 11.6 Å². The molecule has 0 bridgehead atoms. The summed E-state index contributed by atoms with van der Waals surface area (Å²) in [5.41, 5.74) is 4.24. The molecular formula is C23H26N2O2. The summed E-state index contributed by atoms with van der Waals surface area (Å²) >= 11 is 0. The summed E-state index contributed by atoms with van der Waals surface area (Å²) < 4.78 is 5.61. The second kappa shape index (κ2) is 7.47. The Hall–Kier alpha value is -2.75. The van der Waals surface area contributed by atoms with E-state index in [4.69, 9.17) is 4.74 Å². The van der Waals surface area contributed by atoms with Crippen LogP contribution in [0, 0.1) is 5.92 Å². The van der Waals surface area contributed by atoms with E-state index in [1.54, 1.807) is 7.11 Å². The van der Waals surface area contributed by atoms with Crippen molar-refractivity contribution in [3.05, 3.63) is 71.3 Å². The lowest BCUT2D eigenvalue weighted by atomic mass is 9.76. The Morgan fingerprint density at radius 1 is 1.22 bits per heavy atom. The summed E-state index contributed by atoms with van der Waals surface area (Å²) in [6.45, 7) is 2.76. The quantitative estimate of drug-likeness (QED) is 0.761. The topological polar surface area (TPSA) is 50.4 Å². The van der Waals surface area contributed by atoms with Gasteiger partial charge in [-0.2, -0.15) is 0 Å². The average Bonchev–Trinajstić information content (AvgIpc) is 3.21. The van der Waals surface area contributed by atoms with E-state index in [0.29, 0.717) is 18.4 Å². The van der Waals surface area contributed by atoms with Gasteiger partial charge in [0.25, 0.3) is 5.91 Å². The highest BCUT2D eigenvalue weighted by Crippen LogP contribution is 2.51. The van der Waals surface area contributed by atoms with E-state index in [2.05, 4.69) is 47.9 Å². The van der Waals surface area contributed by atoms with Gasteiger partial charge in [-0.3, -0.25) is 4.79 Å². The molecule has 140 valence electrons. The Morgan fingerprint density at radius 3 is 2.89 bits per heavy atom. The van der Waals surface area contributed by atoms with Gasteiger partial charge in [0.15, 0.2) is 0 Å². The summed E-state index contributed by atoms with van der Waals surface area (Å²) in [5, 5.41) is 6.69. The lowest BCUT2D eigenvalue weighted by Gasteiger charge is -2.38. The molecule has 0 saturated carbocycles. The van der Waals surface area contributed by atoms with Crippen molar-refractivity contribution < 1.29 is 9.53 Å². The third-order valence-electron chi connectivity index (χ3n) is 5.63. The Kier molecular flexibility index (Phi) is 4.88. The minimum absolute atomic E-state index is 0.00466. The second-order valence-electron chi connectivity index (χ2n) is 7.28. The number of hydrogen-bond donors (Lipinski definition) is 2. The predicted octanol–water partition coefficient (Wildman–Crippen LogP) is 4.66. The highest BCUT2D eigenvalue weighted by Gasteiger charge is 2.39. The Bertz CT molecular complexity index is 874. The fraction of sp³-hybridized carbons (Fsp3) is 0.348. The predicted molar refractivity (Wildman–Crippen MR) is 108 cm³/mol. The molecular weight excluding hydrogens is 336 g/mol. The largest absolute Gasteiger partial charge is 0.496 e. The minimum atomic E-state index is 0.00466.